The molecule has 1 aromatic heterocycles. The van der Waals surface area contributed by atoms with Crippen molar-refractivity contribution in [2.45, 2.75) is 12.2 Å². The predicted molar refractivity (Wildman–Crippen MR) is 154 cm³/mol. The van der Waals surface area contributed by atoms with Crippen molar-refractivity contribution in [1.29, 1.82) is 10.5 Å². The number of allylic oxidation sites excluding steroid dienone is 1. The van der Waals surface area contributed by atoms with Crippen LogP contribution in [0.4, 0.5) is 0 Å². The van der Waals surface area contributed by atoms with E-state index in [1.807, 2.05) is 29.6 Å². The normalized spacial score (nSPS) is 11.4. The first-order chi connectivity index (χ1) is 18.1. The van der Waals surface area contributed by atoms with Crippen molar-refractivity contribution in [1.82, 2.24) is 4.98 Å². The molecule has 0 atom stereocenters. The summed E-state index contributed by atoms with van der Waals surface area (Å²) in [4.78, 5) is 9.02. The second-order valence-electron chi connectivity index (χ2n) is 6.92. The van der Waals surface area contributed by atoms with Crippen molar-refractivity contribution in [2.24, 2.45) is 4.99 Å². The van der Waals surface area contributed by atoms with E-state index in [-0.39, 0.29) is 25.6 Å². The summed E-state index contributed by atoms with van der Waals surface area (Å²) in [7, 11) is 0. The first kappa shape index (κ1) is 29.9. The monoisotopic (exact) mass is 568 g/mol. The van der Waals surface area contributed by atoms with E-state index in [9.17, 15) is 10.5 Å². The summed E-state index contributed by atoms with van der Waals surface area (Å²) in [6, 6.07) is 18.8. The number of hydrogen-bond donors (Lipinski definition) is 1. The third-order valence-electron chi connectivity index (χ3n) is 4.65. The maximum absolute atomic E-state index is 9.99. The van der Waals surface area contributed by atoms with Crippen LogP contribution in [0.15, 0.2) is 64.5 Å². The van der Waals surface area contributed by atoms with E-state index >= 15 is 0 Å². The number of nitrogens with zero attached hydrogens (tertiary/aromatic N) is 4. The lowest BCUT2D eigenvalue weighted by atomic mass is 9.98. The van der Waals surface area contributed by atoms with Gasteiger partial charge in [0.1, 0.15) is 34.5 Å². The summed E-state index contributed by atoms with van der Waals surface area (Å²) in [5.41, 5.74) is 3.39. The molecule has 37 heavy (non-hydrogen) atoms. The van der Waals surface area contributed by atoms with E-state index in [1.165, 1.54) is 23.1 Å². The Morgan fingerprint density at radius 3 is 2.43 bits per heavy atom. The van der Waals surface area contributed by atoms with E-state index in [2.05, 4.69) is 35.0 Å². The second kappa shape index (κ2) is 16.5. The van der Waals surface area contributed by atoms with Crippen molar-refractivity contribution in [3.05, 3.63) is 75.8 Å². The van der Waals surface area contributed by atoms with E-state index in [1.54, 1.807) is 24.3 Å². The fraction of sp³-hybridized carbons (Fsp3) is 0.185. The zero-order valence-corrected chi connectivity index (χ0v) is 22.7. The minimum atomic E-state index is -0.0877. The Kier molecular flexibility index (Phi) is 13.3. The summed E-state index contributed by atoms with van der Waals surface area (Å²) in [5, 5.41) is 32.3. The molecule has 1 N–H and O–H groups in total. The van der Waals surface area contributed by atoms with Crippen LogP contribution in [-0.4, -0.2) is 34.4 Å². The van der Waals surface area contributed by atoms with Gasteiger partial charge in [-0.1, -0.05) is 47.6 Å². The van der Waals surface area contributed by atoms with Crippen molar-refractivity contribution < 1.29 is 9.84 Å². The molecule has 0 saturated heterocycles. The number of aliphatic hydroxyl groups is 1. The van der Waals surface area contributed by atoms with Crippen LogP contribution < -0.4 is 4.74 Å². The Hall–Kier alpha value is -3.29. The molecule has 3 rings (SSSR count). The number of thiazole rings is 1. The fourth-order valence-electron chi connectivity index (χ4n) is 3.07. The van der Waals surface area contributed by atoms with Crippen LogP contribution in [0, 0.1) is 35.5 Å². The summed E-state index contributed by atoms with van der Waals surface area (Å²) >= 11 is 14.8. The summed E-state index contributed by atoms with van der Waals surface area (Å²) in [5.74, 6) is 1.07. The molecule has 0 bridgehead atoms. The first-order valence-corrected chi connectivity index (χ1v) is 13.5. The lowest BCUT2D eigenvalue weighted by molar-refractivity contribution is 0.201. The highest BCUT2D eigenvalue weighted by atomic mass is 35.5. The SMILES string of the molecule is C#C.N#CC/C(=C(C#N)\C(=N/CCl)SCc1csc(-c2ccc(Cl)cc2)n1)c1ccc(OCCO)cc1. The maximum atomic E-state index is 9.99. The Balaban J connectivity index is 0.00000235. The average molecular weight is 570 g/mol. The highest BCUT2D eigenvalue weighted by molar-refractivity contribution is 8.13. The first-order valence-electron chi connectivity index (χ1n) is 10.7. The number of aliphatic imine (C=N–C) groups is 1. The van der Waals surface area contributed by atoms with E-state index in [4.69, 9.17) is 33.0 Å². The number of terminal acetylenes is 1. The third-order valence-corrected chi connectivity index (χ3v) is 7.01. The standard InChI is InChI=1S/C25H20Cl2N4O2S2.C2H2/c26-16-30-25(35-15-20-14-34-24(31-20)18-1-5-19(27)6-2-18)23(13-29)22(9-10-28)17-3-7-21(8-4-17)33-12-11-32;1-2/h1-8,14,32H,9,11-12,15-16H2;1-2H/b23-22+,30-25+;. The van der Waals surface area contributed by atoms with Crippen LogP contribution in [0.2, 0.25) is 5.02 Å². The smallest absolute Gasteiger partial charge is 0.123 e. The van der Waals surface area contributed by atoms with Crippen LogP contribution >= 0.6 is 46.3 Å². The zero-order valence-electron chi connectivity index (χ0n) is 19.6. The number of aromatic nitrogens is 1. The zero-order chi connectivity index (χ0) is 27.0. The largest absolute Gasteiger partial charge is 0.491 e. The Labute approximate surface area is 234 Å². The number of ether oxygens (including phenoxy) is 1. The summed E-state index contributed by atoms with van der Waals surface area (Å²) < 4.78 is 5.40. The molecule has 188 valence electrons. The van der Waals surface area contributed by atoms with Gasteiger partial charge in [0.05, 0.1) is 30.4 Å². The van der Waals surface area contributed by atoms with Gasteiger partial charge in [-0.25, -0.2) is 4.98 Å². The number of halogens is 2. The maximum Gasteiger partial charge on any atom is 0.123 e. The summed E-state index contributed by atoms with van der Waals surface area (Å²) in [6.45, 7) is 0.0960. The van der Waals surface area contributed by atoms with Crippen LogP contribution in [0.3, 0.4) is 0 Å². The van der Waals surface area contributed by atoms with Gasteiger partial charge in [0.15, 0.2) is 0 Å². The molecular weight excluding hydrogens is 547 g/mol. The molecule has 0 amide bonds. The van der Waals surface area contributed by atoms with Crippen LogP contribution in [-0.2, 0) is 5.75 Å². The topological polar surface area (TPSA) is 102 Å². The van der Waals surface area contributed by atoms with Crippen molar-refractivity contribution in [3.8, 4) is 41.3 Å². The number of nitriles is 2. The molecule has 1 heterocycles. The number of aliphatic hydroxyl groups excluding tert-OH is 1. The molecule has 6 nitrogen and oxygen atoms in total. The van der Waals surface area contributed by atoms with Gasteiger partial charge in [0.25, 0.3) is 0 Å². The van der Waals surface area contributed by atoms with Gasteiger partial charge in [-0.15, -0.1) is 35.8 Å². The Morgan fingerprint density at radius 2 is 1.84 bits per heavy atom. The van der Waals surface area contributed by atoms with Gasteiger partial charge in [-0.05, 0) is 35.4 Å². The predicted octanol–water partition coefficient (Wildman–Crippen LogP) is 6.80. The number of thioether (sulfide) groups is 1. The van der Waals surface area contributed by atoms with Crippen molar-refractivity contribution in [3.63, 3.8) is 0 Å². The number of alkyl halides is 1. The number of hydrogen-bond acceptors (Lipinski definition) is 8. The fourth-order valence-corrected chi connectivity index (χ4v) is 5.22. The Morgan fingerprint density at radius 1 is 1.14 bits per heavy atom. The molecule has 0 spiro atoms. The van der Waals surface area contributed by atoms with Gasteiger partial charge in [0.2, 0.25) is 0 Å². The Bertz CT molecular complexity index is 1320. The van der Waals surface area contributed by atoms with Gasteiger partial charge in [-0.2, -0.15) is 10.5 Å². The minimum Gasteiger partial charge on any atom is -0.491 e. The van der Waals surface area contributed by atoms with E-state index in [0.29, 0.717) is 38.3 Å². The third kappa shape index (κ3) is 8.95. The number of benzene rings is 2. The van der Waals surface area contributed by atoms with Gasteiger partial charge in [-0.3, -0.25) is 4.99 Å². The van der Waals surface area contributed by atoms with E-state index in [0.717, 1.165) is 16.3 Å². The molecule has 3 aromatic rings. The lowest BCUT2D eigenvalue weighted by Crippen LogP contribution is -2.04. The molecule has 0 aliphatic heterocycles. The molecule has 0 unspecified atom stereocenters. The van der Waals surface area contributed by atoms with Gasteiger partial charge in [0, 0.05) is 21.7 Å². The molecule has 10 heteroatoms. The molecule has 0 aliphatic rings. The van der Waals surface area contributed by atoms with Crippen LogP contribution in [0.5, 0.6) is 5.75 Å². The van der Waals surface area contributed by atoms with Crippen molar-refractivity contribution >= 4 is 56.9 Å². The minimum absolute atomic E-state index is 0.0195. The second-order valence-corrected chi connectivity index (χ2v) is 9.42. The highest BCUT2D eigenvalue weighted by Crippen LogP contribution is 2.31. The molecule has 2 aromatic carbocycles. The quantitative estimate of drug-likeness (QED) is 0.0719. The van der Waals surface area contributed by atoms with Crippen LogP contribution in [0.25, 0.3) is 16.1 Å². The van der Waals surface area contributed by atoms with Gasteiger partial charge >= 0.3 is 0 Å². The number of rotatable bonds is 10. The highest BCUT2D eigenvalue weighted by Gasteiger charge is 2.17. The molecular formula is C27H22Cl2N4O2S2. The molecule has 0 aliphatic carbocycles. The molecule has 0 fully saturated rings. The van der Waals surface area contributed by atoms with E-state index < -0.39 is 0 Å². The summed E-state index contributed by atoms with van der Waals surface area (Å²) in [6.07, 6.45) is 8.03. The van der Waals surface area contributed by atoms with Crippen LogP contribution in [0.1, 0.15) is 17.7 Å². The molecule has 0 radical (unpaired) electrons. The average Bonchev–Trinajstić information content (AvgIpc) is 3.41. The van der Waals surface area contributed by atoms with Gasteiger partial charge < -0.3 is 9.84 Å². The lowest BCUT2D eigenvalue weighted by Gasteiger charge is -2.11. The van der Waals surface area contributed by atoms with Crippen molar-refractivity contribution in [2.75, 3.05) is 19.2 Å². The molecule has 0 saturated carbocycles.